The van der Waals surface area contributed by atoms with Crippen molar-refractivity contribution >= 4 is 34.2 Å². The first-order valence-electron chi connectivity index (χ1n) is 11.6. The summed E-state index contributed by atoms with van der Waals surface area (Å²) in [6.07, 6.45) is 0. The molecule has 0 spiro atoms. The number of aryl methyl sites for hydroxylation is 1. The van der Waals surface area contributed by atoms with Crippen LogP contribution in [0.5, 0.6) is 5.75 Å². The Labute approximate surface area is 211 Å². The number of hydrogen-bond acceptors (Lipinski definition) is 9. The van der Waals surface area contributed by atoms with E-state index in [0.717, 1.165) is 16.6 Å². The summed E-state index contributed by atoms with van der Waals surface area (Å²) in [4.78, 5) is 50.8. The van der Waals surface area contributed by atoms with Crippen molar-refractivity contribution in [3.63, 3.8) is 0 Å². The van der Waals surface area contributed by atoms with Crippen LogP contribution < -0.4 is 20.6 Å². The summed E-state index contributed by atoms with van der Waals surface area (Å²) in [6.45, 7) is 2.52. The highest BCUT2D eigenvalue weighted by molar-refractivity contribution is 5.88. The second-order valence-electron chi connectivity index (χ2n) is 8.58. The minimum absolute atomic E-state index is 0.00498. The Bertz CT molecular complexity index is 1360. The van der Waals surface area contributed by atoms with E-state index < -0.39 is 41.6 Å². The third kappa shape index (κ3) is 6.04. The van der Waals surface area contributed by atoms with Crippen molar-refractivity contribution in [1.82, 2.24) is 10.2 Å². The number of piperazine rings is 1. The first-order valence-corrected chi connectivity index (χ1v) is 11.6. The number of aliphatic hydroxyl groups excluding tert-OH is 1. The quantitative estimate of drug-likeness (QED) is 0.258. The van der Waals surface area contributed by atoms with Crippen LogP contribution in [0.2, 0.25) is 0 Å². The van der Waals surface area contributed by atoms with Crippen molar-refractivity contribution in [3.8, 4) is 5.75 Å². The molecule has 37 heavy (non-hydrogen) atoms. The van der Waals surface area contributed by atoms with Gasteiger partial charge in [0, 0.05) is 61.5 Å². The molecule has 2 amide bonds. The second-order valence-corrected chi connectivity index (χ2v) is 8.58. The molecule has 1 aliphatic heterocycles. The molecule has 1 saturated heterocycles. The Kier molecular flexibility index (Phi) is 7.68. The number of rotatable bonds is 8. The Morgan fingerprint density at radius 2 is 1.84 bits per heavy atom. The molecule has 1 aromatic heterocycles. The smallest absolute Gasteiger partial charge is 0.336 e. The van der Waals surface area contributed by atoms with Crippen LogP contribution >= 0.6 is 0 Å². The lowest BCUT2D eigenvalue weighted by Crippen LogP contribution is -2.56. The van der Waals surface area contributed by atoms with Crippen molar-refractivity contribution < 1.29 is 28.8 Å². The highest BCUT2D eigenvalue weighted by Crippen LogP contribution is 2.23. The van der Waals surface area contributed by atoms with Gasteiger partial charge in [0.05, 0.1) is 11.5 Å². The minimum Gasteiger partial charge on any atom is -0.484 e. The monoisotopic (exact) mass is 510 g/mol. The van der Waals surface area contributed by atoms with E-state index in [0.29, 0.717) is 37.5 Å². The summed E-state index contributed by atoms with van der Waals surface area (Å²) in [6, 6.07) is 11.3. The van der Waals surface area contributed by atoms with Crippen LogP contribution in [0.1, 0.15) is 5.56 Å². The van der Waals surface area contributed by atoms with E-state index in [1.54, 1.807) is 36.1 Å². The normalized spacial score (nSPS) is 14.3. The molecular weight excluding hydrogens is 484 g/mol. The van der Waals surface area contributed by atoms with E-state index in [2.05, 4.69) is 5.32 Å². The largest absolute Gasteiger partial charge is 0.484 e. The van der Waals surface area contributed by atoms with Gasteiger partial charge in [-0.2, -0.15) is 0 Å². The van der Waals surface area contributed by atoms with E-state index in [1.165, 1.54) is 24.3 Å². The molecule has 2 heterocycles. The zero-order chi connectivity index (χ0) is 26.5. The molecule has 12 heteroatoms. The molecule has 1 fully saturated rings. The van der Waals surface area contributed by atoms with Crippen molar-refractivity contribution in [2.75, 3.05) is 44.3 Å². The van der Waals surface area contributed by atoms with Crippen molar-refractivity contribution in [3.05, 3.63) is 74.6 Å². The lowest BCUT2D eigenvalue weighted by atomic mass is 10.1. The molecule has 0 saturated carbocycles. The lowest BCUT2D eigenvalue weighted by Gasteiger charge is -2.37. The van der Waals surface area contributed by atoms with Crippen LogP contribution in [0.3, 0.4) is 0 Å². The number of ether oxygens (including phenoxy) is 1. The van der Waals surface area contributed by atoms with Crippen LogP contribution in [0, 0.1) is 17.0 Å². The standard InChI is InChI=1S/C25H26N4O8/c1-16-12-24(32)37-22-13-19(6-7-20(16)22)36-15-23(31)26-21(14-30)25(33)28-10-8-27(9-11-28)17-2-4-18(5-3-17)29(34)35/h2-7,12-13,21,30H,8-11,14-15H2,1H3,(H,26,31). The first-order chi connectivity index (χ1) is 17.7. The molecule has 0 aliphatic carbocycles. The van der Waals surface area contributed by atoms with Crippen LogP contribution in [-0.4, -0.2) is 72.2 Å². The average Bonchev–Trinajstić information content (AvgIpc) is 2.90. The fourth-order valence-corrected chi connectivity index (χ4v) is 4.16. The molecule has 12 nitrogen and oxygen atoms in total. The highest BCUT2D eigenvalue weighted by atomic mass is 16.6. The van der Waals surface area contributed by atoms with Gasteiger partial charge in [0.1, 0.15) is 17.4 Å². The number of nitrogens with one attached hydrogen (secondary N) is 1. The molecule has 4 rings (SSSR count). The predicted octanol–water partition coefficient (Wildman–Crippen LogP) is 1.21. The molecule has 194 valence electrons. The van der Waals surface area contributed by atoms with Gasteiger partial charge in [-0.1, -0.05) is 0 Å². The summed E-state index contributed by atoms with van der Waals surface area (Å²) >= 11 is 0. The van der Waals surface area contributed by atoms with Gasteiger partial charge in [-0.05, 0) is 36.8 Å². The number of carbonyl (C=O) groups is 2. The SMILES string of the molecule is Cc1cc(=O)oc2cc(OCC(=O)NC(CO)C(=O)N3CCN(c4ccc([N+](=O)[O-])cc4)CC3)ccc12. The van der Waals surface area contributed by atoms with Gasteiger partial charge < -0.3 is 29.4 Å². The third-order valence-electron chi connectivity index (χ3n) is 6.13. The van der Waals surface area contributed by atoms with E-state index >= 15 is 0 Å². The molecule has 0 radical (unpaired) electrons. The Balaban J connectivity index is 1.29. The van der Waals surface area contributed by atoms with E-state index in [4.69, 9.17) is 9.15 Å². The number of aliphatic hydroxyl groups is 1. The molecule has 0 bridgehead atoms. The third-order valence-corrected chi connectivity index (χ3v) is 6.13. The van der Waals surface area contributed by atoms with Crippen molar-refractivity contribution in [1.29, 1.82) is 0 Å². The summed E-state index contributed by atoms with van der Waals surface area (Å²) in [5.74, 6) is -0.699. The number of hydrogen-bond donors (Lipinski definition) is 2. The van der Waals surface area contributed by atoms with Crippen LogP contribution in [0.15, 0.2) is 57.7 Å². The fraction of sp³-hybridized carbons (Fsp3) is 0.320. The molecular formula is C25H26N4O8. The molecule has 2 N–H and O–H groups in total. The molecule has 2 aromatic carbocycles. The van der Waals surface area contributed by atoms with Crippen LogP contribution in [0.25, 0.3) is 11.0 Å². The van der Waals surface area contributed by atoms with Gasteiger partial charge in [0.2, 0.25) is 5.91 Å². The summed E-state index contributed by atoms with van der Waals surface area (Å²) in [5, 5.41) is 23.8. The number of fused-ring (bicyclic) bond motifs is 1. The summed E-state index contributed by atoms with van der Waals surface area (Å²) in [7, 11) is 0. The van der Waals surface area contributed by atoms with Gasteiger partial charge in [-0.3, -0.25) is 19.7 Å². The second kappa shape index (κ2) is 11.1. The van der Waals surface area contributed by atoms with Crippen LogP contribution in [-0.2, 0) is 9.59 Å². The minimum atomic E-state index is -1.13. The first kappa shape index (κ1) is 25.6. The Morgan fingerprint density at radius 3 is 2.49 bits per heavy atom. The molecule has 1 atom stereocenters. The average molecular weight is 511 g/mol. The van der Waals surface area contributed by atoms with E-state index in [9.17, 15) is 29.6 Å². The number of nitrogens with zero attached hydrogens (tertiary/aromatic N) is 3. The Hall–Kier alpha value is -4.45. The van der Waals surface area contributed by atoms with Gasteiger partial charge in [0.15, 0.2) is 6.61 Å². The number of non-ortho nitro benzene ring substituents is 1. The van der Waals surface area contributed by atoms with Crippen LogP contribution in [0.4, 0.5) is 11.4 Å². The molecule has 1 unspecified atom stereocenters. The number of nitro benzene ring substituents is 1. The molecule has 3 aromatic rings. The number of benzene rings is 2. The van der Waals surface area contributed by atoms with Gasteiger partial charge in [0.25, 0.3) is 11.6 Å². The summed E-state index contributed by atoms with van der Waals surface area (Å²) < 4.78 is 10.7. The predicted molar refractivity (Wildman–Crippen MR) is 134 cm³/mol. The number of anilines is 1. The van der Waals surface area contributed by atoms with Crippen molar-refractivity contribution in [2.24, 2.45) is 0 Å². The topological polar surface area (TPSA) is 155 Å². The van der Waals surface area contributed by atoms with Gasteiger partial charge in [-0.25, -0.2) is 4.79 Å². The van der Waals surface area contributed by atoms with E-state index in [1.807, 2.05) is 4.90 Å². The maximum absolute atomic E-state index is 12.9. The van der Waals surface area contributed by atoms with Crippen molar-refractivity contribution in [2.45, 2.75) is 13.0 Å². The molecule has 1 aliphatic rings. The van der Waals surface area contributed by atoms with Gasteiger partial charge in [-0.15, -0.1) is 0 Å². The summed E-state index contributed by atoms with van der Waals surface area (Å²) in [5.41, 5.74) is 1.42. The maximum atomic E-state index is 12.9. The van der Waals surface area contributed by atoms with E-state index in [-0.39, 0.29) is 5.69 Å². The lowest BCUT2D eigenvalue weighted by molar-refractivity contribution is -0.384. The number of carbonyl (C=O) groups excluding carboxylic acids is 2. The zero-order valence-corrected chi connectivity index (χ0v) is 20.1. The maximum Gasteiger partial charge on any atom is 0.336 e. The Morgan fingerprint density at radius 1 is 1.14 bits per heavy atom. The number of nitro groups is 1. The zero-order valence-electron chi connectivity index (χ0n) is 20.1. The fourth-order valence-electron chi connectivity index (χ4n) is 4.16. The highest BCUT2D eigenvalue weighted by Gasteiger charge is 2.28. The number of amides is 2. The van der Waals surface area contributed by atoms with Gasteiger partial charge >= 0.3 is 5.63 Å².